The molecule has 0 bridgehead atoms. The van der Waals surface area contributed by atoms with Crippen LogP contribution in [-0.4, -0.2) is 21.5 Å². The highest BCUT2D eigenvalue weighted by molar-refractivity contribution is 9.10. The summed E-state index contributed by atoms with van der Waals surface area (Å²) in [4.78, 5) is 0. The number of benzene rings is 1. The van der Waals surface area contributed by atoms with Gasteiger partial charge in [0.05, 0.1) is 17.1 Å². The number of aromatic hydroxyl groups is 1. The lowest BCUT2D eigenvalue weighted by atomic mass is 10.2. The molecule has 5 heteroatoms. The van der Waals surface area contributed by atoms with Gasteiger partial charge in [0.2, 0.25) is 0 Å². The van der Waals surface area contributed by atoms with E-state index in [2.05, 4.69) is 21.0 Å². The van der Waals surface area contributed by atoms with E-state index in [0.29, 0.717) is 0 Å². The second-order valence-electron chi connectivity index (χ2n) is 4.27. The van der Waals surface area contributed by atoms with Crippen LogP contribution in [0, 0.1) is 0 Å². The highest BCUT2D eigenvalue weighted by Crippen LogP contribution is 2.32. The molecule has 0 amide bonds. The number of phenolic OH excluding ortho intramolecular Hbond substituents is 1. The van der Waals surface area contributed by atoms with E-state index in [0.717, 1.165) is 41.2 Å². The van der Waals surface area contributed by atoms with Crippen molar-refractivity contribution in [1.29, 1.82) is 0 Å². The first kappa shape index (κ1) is 11.0. The molecule has 2 heterocycles. The molecule has 1 unspecified atom stereocenters. The molecule has 0 aliphatic carbocycles. The van der Waals surface area contributed by atoms with Gasteiger partial charge in [-0.05, 0) is 31.4 Å². The normalized spacial score (nSPS) is 20.9. The van der Waals surface area contributed by atoms with Gasteiger partial charge >= 0.3 is 0 Å². The Labute approximate surface area is 107 Å². The van der Waals surface area contributed by atoms with E-state index in [-0.39, 0.29) is 12.0 Å². The van der Waals surface area contributed by atoms with Crippen LogP contribution >= 0.6 is 15.9 Å². The number of ether oxygens (including phenoxy) is 1. The van der Waals surface area contributed by atoms with E-state index in [1.807, 2.05) is 10.7 Å². The predicted molar refractivity (Wildman–Crippen MR) is 67.9 cm³/mol. The zero-order valence-electron chi connectivity index (χ0n) is 9.27. The molecule has 0 saturated carbocycles. The van der Waals surface area contributed by atoms with Gasteiger partial charge in [0.25, 0.3) is 0 Å². The molecule has 1 aromatic heterocycles. The molecule has 0 radical (unpaired) electrons. The minimum Gasteiger partial charge on any atom is -0.507 e. The van der Waals surface area contributed by atoms with Gasteiger partial charge in [-0.2, -0.15) is 5.10 Å². The van der Waals surface area contributed by atoms with E-state index >= 15 is 0 Å². The van der Waals surface area contributed by atoms with E-state index in [1.165, 1.54) is 0 Å². The van der Waals surface area contributed by atoms with E-state index in [9.17, 15) is 5.11 Å². The van der Waals surface area contributed by atoms with Gasteiger partial charge in [0.15, 0.2) is 6.23 Å². The number of hydrogen-bond acceptors (Lipinski definition) is 3. The van der Waals surface area contributed by atoms with Gasteiger partial charge in [0.1, 0.15) is 5.75 Å². The molecule has 1 N–H and O–H groups in total. The summed E-state index contributed by atoms with van der Waals surface area (Å²) in [5.74, 6) is 0.247. The summed E-state index contributed by atoms with van der Waals surface area (Å²) < 4.78 is 8.42. The standard InChI is InChI=1S/C12H13BrN2O2/c13-8-5-10-9(11(16)6-8)7-14-15(10)12-3-1-2-4-17-12/h5-7,12,16H,1-4H2. The molecule has 1 saturated heterocycles. The summed E-state index contributed by atoms with van der Waals surface area (Å²) in [6.07, 6.45) is 4.94. The summed E-state index contributed by atoms with van der Waals surface area (Å²) in [7, 11) is 0. The second kappa shape index (κ2) is 4.31. The van der Waals surface area contributed by atoms with Crippen molar-refractivity contribution < 1.29 is 9.84 Å². The first-order chi connectivity index (χ1) is 8.25. The molecular formula is C12H13BrN2O2. The van der Waals surface area contributed by atoms with Crippen molar-refractivity contribution in [2.75, 3.05) is 6.61 Å². The van der Waals surface area contributed by atoms with Crippen LogP contribution in [0.1, 0.15) is 25.5 Å². The van der Waals surface area contributed by atoms with Crippen molar-refractivity contribution >= 4 is 26.8 Å². The largest absolute Gasteiger partial charge is 0.507 e. The molecule has 1 aromatic carbocycles. The smallest absolute Gasteiger partial charge is 0.150 e. The highest BCUT2D eigenvalue weighted by atomic mass is 79.9. The van der Waals surface area contributed by atoms with Crippen molar-refractivity contribution in [3.63, 3.8) is 0 Å². The molecule has 2 aromatic rings. The van der Waals surface area contributed by atoms with Crippen LogP contribution in [-0.2, 0) is 4.74 Å². The summed E-state index contributed by atoms with van der Waals surface area (Å²) in [6, 6.07) is 3.64. The maximum absolute atomic E-state index is 9.84. The van der Waals surface area contributed by atoms with Crippen LogP contribution in [0.5, 0.6) is 5.75 Å². The number of hydrogen-bond donors (Lipinski definition) is 1. The minimum absolute atomic E-state index is 0.00468. The van der Waals surface area contributed by atoms with Gasteiger partial charge in [0, 0.05) is 11.1 Å². The topological polar surface area (TPSA) is 47.3 Å². The number of rotatable bonds is 1. The van der Waals surface area contributed by atoms with Crippen molar-refractivity contribution in [3.05, 3.63) is 22.8 Å². The molecule has 0 spiro atoms. The Morgan fingerprint density at radius 1 is 1.41 bits per heavy atom. The maximum atomic E-state index is 9.84. The van der Waals surface area contributed by atoms with Gasteiger partial charge < -0.3 is 9.84 Å². The summed E-state index contributed by atoms with van der Waals surface area (Å²) in [6.45, 7) is 0.784. The molecule has 1 aliphatic rings. The fourth-order valence-electron chi connectivity index (χ4n) is 2.24. The van der Waals surface area contributed by atoms with E-state index < -0.39 is 0 Å². The minimum atomic E-state index is -0.00468. The summed E-state index contributed by atoms with van der Waals surface area (Å²) >= 11 is 3.38. The van der Waals surface area contributed by atoms with Gasteiger partial charge in [-0.3, -0.25) is 0 Å². The van der Waals surface area contributed by atoms with Crippen molar-refractivity contribution in [2.45, 2.75) is 25.5 Å². The Morgan fingerprint density at radius 2 is 2.29 bits per heavy atom. The average molecular weight is 297 g/mol. The number of aromatic nitrogens is 2. The summed E-state index contributed by atoms with van der Waals surface area (Å²) in [5, 5.41) is 14.9. The van der Waals surface area contributed by atoms with Crippen molar-refractivity contribution in [2.24, 2.45) is 0 Å². The van der Waals surface area contributed by atoms with Gasteiger partial charge in [-0.15, -0.1) is 0 Å². The lowest BCUT2D eigenvalue weighted by Gasteiger charge is -2.23. The molecular weight excluding hydrogens is 284 g/mol. The molecule has 1 fully saturated rings. The second-order valence-corrected chi connectivity index (χ2v) is 5.18. The first-order valence-corrected chi connectivity index (χ1v) is 6.52. The lowest BCUT2D eigenvalue weighted by Crippen LogP contribution is -2.18. The molecule has 1 atom stereocenters. The third-order valence-corrected chi connectivity index (χ3v) is 3.55. The molecule has 17 heavy (non-hydrogen) atoms. The van der Waals surface area contributed by atoms with E-state index in [1.54, 1.807) is 12.3 Å². The monoisotopic (exact) mass is 296 g/mol. The third kappa shape index (κ3) is 1.93. The molecule has 1 aliphatic heterocycles. The molecule has 3 rings (SSSR count). The Kier molecular flexibility index (Phi) is 2.80. The number of nitrogens with zero attached hydrogens (tertiary/aromatic N) is 2. The fourth-order valence-corrected chi connectivity index (χ4v) is 2.67. The van der Waals surface area contributed by atoms with Crippen LogP contribution in [0.3, 0.4) is 0 Å². The Bertz CT molecular complexity index is 547. The Morgan fingerprint density at radius 3 is 3.06 bits per heavy atom. The van der Waals surface area contributed by atoms with Crippen LogP contribution in [0.4, 0.5) is 0 Å². The van der Waals surface area contributed by atoms with Crippen molar-refractivity contribution in [3.8, 4) is 5.75 Å². The van der Waals surface area contributed by atoms with Crippen molar-refractivity contribution in [1.82, 2.24) is 9.78 Å². The Hall–Kier alpha value is -1.07. The average Bonchev–Trinajstić information content (AvgIpc) is 2.74. The first-order valence-electron chi connectivity index (χ1n) is 5.73. The zero-order chi connectivity index (χ0) is 11.8. The molecule has 4 nitrogen and oxygen atoms in total. The zero-order valence-corrected chi connectivity index (χ0v) is 10.9. The third-order valence-electron chi connectivity index (χ3n) is 3.09. The van der Waals surface area contributed by atoms with Crippen LogP contribution < -0.4 is 0 Å². The van der Waals surface area contributed by atoms with Crippen LogP contribution in [0.2, 0.25) is 0 Å². The molecule has 90 valence electrons. The lowest BCUT2D eigenvalue weighted by molar-refractivity contribution is -0.0366. The Balaban J connectivity index is 2.10. The van der Waals surface area contributed by atoms with Crippen LogP contribution in [0.15, 0.2) is 22.8 Å². The van der Waals surface area contributed by atoms with Crippen LogP contribution in [0.25, 0.3) is 10.9 Å². The maximum Gasteiger partial charge on any atom is 0.150 e. The van der Waals surface area contributed by atoms with E-state index in [4.69, 9.17) is 4.74 Å². The van der Waals surface area contributed by atoms with Gasteiger partial charge in [-0.25, -0.2) is 4.68 Å². The predicted octanol–water partition coefficient (Wildman–Crippen LogP) is 3.20. The highest BCUT2D eigenvalue weighted by Gasteiger charge is 2.19. The number of halogens is 1. The summed E-state index contributed by atoms with van der Waals surface area (Å²) in [5.41, 5.74) is 0.906. The fraction of sp³-hybridized carbons (Fsp3) is 0.417. The SMILES string of the molecule is Oc1cc(Br)cc2c1cnn2C1CCCCO1. The van der Waals surface area contributed by atoms with Gasteiger partial charge in [-0.1, -0.05) is 15.9 Å². The number of phenols is 1. The quantitative estimate of drug-likeness (QED) is 0.879. The number of fused-ring (bicyclic) bond motifs is 1.